The van der Waals surface area contributed by atoms with Crippen molar-refractivity contribution < 1.29 is 4.79 Å². The Labute approximate surface area is 122 Å². The van der Waals surface area contributed by atoms with Crippen LogP contribution in [0, 0.1) is 19.3 Å². The van der Waals surface area contributed by atoms with Crippen molar-refractivity contribution in [2.45, 2.75) is 47.1 Å². The van der Waals surface area contributed by atoms with Crippen LogP contribution in [0.2, 0.25) is 0 Å². The van der Waals surface area contributed by atoms with E-state index in [2.05, 4.69) is 48.9 Å². The summed E-state index contributed by atoms with van der Waals surface area (Å²) in [6.45, 7) is 10.6. The Kier molecular flexibility index (Phi) is 5.41. The number of amides is 1. The summed E-state index contributed by atoms with van der Waals surface area (Å²) in [5, 5.41) is 4.06. The zero-order valence-corrected chi connectivity index (χ0v) is 14.2. The summed E-state index contributed by atoms with van der Waals surface area (Å²) < 4.78 is 0. The number of alkyl halides is 1. The van der Waals surface area contributed by atoms with Gasteiger partial charge in [-0.3, -0.25) is 4.79 Å². The zero-order valence-electron chi connectivity index (χ0n) is 11.8. The molecule has 0 saturated carbocycles. The quantitative estimate of drug-likeness (QED) is 0.819. The van der Waals surface area contributed by atoms with E-state index in [4.69, 9.17) is 0 Å². The highest BCUT2D eigenvalue weighted by atomic mass is 79.9. The Bertz CT molecular complexity index is 400. The highest BCUT2D eigenvalue weighted by molar-refractivity contribution is 9.09. The molecule has 0 saturated heterocycles. The van der Waals surface area contributed by atoms with Crippen LogP contribution in [0.5, 0.6) is 0 Å². The lowest BCUT2D eigenvalue weighted by Gasteiger charge is -2.31. The summed E-state index contributed by atoms with van der Waals surface area (Å²) in [7, 11) is 0. The normalized spacial score (nSPS) is 13.4. The van der Waals surface area contributed by atoms with Crippen molar-refractivity contribution in [3.8, 4) is 0 Å². The largest absolute Gasteiger partial charge is 0.348 e. The molecule has 1 rings (SSSR count). The average Bonchev–Trinajstić information content (AvgIpc) is 2.57. The van der Waals surface area contributed by atoms with Crippen LogP contribution >= 0.6 is 27.3 Å². The number of hydrogen-bond donors (Lipinski definition) is 1. The second kappa shape index (κ2) is 6.20. The molecule has 0 aliphatic heterocycles. The molecule has 1 unspecified atom stereocenters. The van der Waals surface area contributed by atoms with Crippen LogP contribution in [0.4, 0.5) is 0 Å². The Morgan fingerprint density at radius 1 is 1.44 bits per heavy atom. The number of thiophene rings is 1. The molecular weight excluding hydrogens is 310 g/mol. The van der Waals surface area contributed by atoms with Gasteiger partial charge in [-0.2, -0.15) is 0 Å². The summed E-state index contributed by atoms with van der Waals surface area (Å²) >= 11 is 5.03. The second-order valence-electron chi connectivity index (χ2n) is 5.72. The van der Waals surface area contributed by atoms with Crippen molar-refractivity contribution in [1.82, 2.24) is 5.32 Å². The average molecular weight is 332 g/mol. The summed E-state index contributed by atoms with van der Waals surface area (Å²) in [5.74, 6) is 0.0528. The first-order valence-corrected chi connectivity index (χ1v) is 8.13. The molecule has 102 valence electrons. The van der Waals surface area contributed by atoms with Crippen molar-refractivity contribution in [3.63, 3.8) is 0 Å². The molecule has 1 aromatic rings. The highest BCUT2D eigenvalue weighted by Crippen LogP contribution is 2.25. The molecule has 0 aliphatic carbocycles. The van der Waals surface area contributed by atoms with E-state index >= 15 is 0 Å². The van der Waals surface area contributed by atoms with E-state index in [1.807, 2.05) is 13.0 Å². The molecule has 0 aromatic carbocycles. The van der Waals surface area contributed by atoms with E-state index in [0.29, 0.717) is 0 Å². The minimum atomic E-state index is 0.0528. The van der Waals surface area contributed by atoms with E-state index in [0.717, 1.165) is 16.6 Å². The fourth-order valence-corrected chi connectivity index (χ4v) is 3.14. The number of halogens is 1. The molecule has 1 N–H and O–H groups in total. The van der Waals surface area contributed by atoms with Crippen molar-refractivity contribution in [2.24, 2.45) is 5.41 Å². The third-order valence-corrected chi connectivity index (χ3v) is 4.75. The Morgan fingerprint density at radius 2 is 2.06 bits per heavy atom. The van der Waals surface area contributed by atoms with Gasteiger partial charge >= 0.3 is 0 Å². The smallest absolute Gasteiger partial charge is 0.261 e. The van der Waals surface area contributed by atoms with Gasteiger partial charge in [-0.15, -0.1) is 11.3 Å². The van der Waals surface area contributed by atoms with E-state index < -0.39 is 0 Å². The van der Waals surface area contributed by atoms with Crippen molar-refractivity contribution in [3.05, 3.63) is 21.4 Å². The first kappa shape index (κ1) is 15.7. The van der Waals surface area contributed by atoms with Crippen LogP contribution in [0.25, 0.3) is 0 Å². The first-order valence-electron chi connectivity index (χ1n) is 6.19. The molecule has 0 spiro atoms. The molecule has 1 heterocycles. The van der Waals surface area contributed by atoms with Gasteiger partial charge in [0.05, 0.1) is 4.88 Å². The minimum absolute atomic E-state index is 0.0528. The number of carbonyl (C=O) groups is 1. The minimum Gasteiger partial charge on any atom is -0.348 e. The van der Waals surface area contributed by atoms with Crippen LogP contribution in [0.1, 0.15) is 47.3 Å². The number of carbonyl (C=O) groups excluding carboxylic acids is 1. The monoisotopic (exact) mass is 331 g/mol. The third-order valence-electron chi connectivity index (χ3n) is 3.14. The van der Waals surface area contributed by atoms with E-state index in [9.17, 15) is 4.79 Å². The summed E-state index contributed by atoms with van der Waals surface area (Å²) in [5.41, 5.74) is 1.27. The SMILES string of the molecule is Cc1cc(C(=O)NC(CCBr)C(C)(C)C)sc1C. The zero-order chi connectivity index (χ0) is 13.9. The standard InChI is InChI=1S/C14H22BrNOS/c1-9-8-11(18-10(9)2)13(17)16-12(6-7-15)14(3,4)5/h8,12H,6-7H2,1-5H3,(H,16,17). The van der Waals surface area contributed by atoms with Gasteiger partial charge in [-0.25, -0.2) is 0 Å². The van der Waals surface area contributed by atoms with Gasteiger partial charge in [0.25, 0.3) is 5.91 Å². The Balaban J connectivity index is 2.78. The van der Waals surface area contributed by atoms with Gasteiger partial charge in [0.1, 0.15) is 0 Å². The van der Waals surface area contributed by atoms with Crippen LogP contribution in [-0.4, -0.2) is 17.3 Å². The van der Waals surface area contributed by atoms with Gasteiger partial charge in [-0.05, 0) is 37.3 Å². The second-order valence-corrected chi connectivity index (χ2v) is 7.77. The number of nitrogens with one attached hydrogen (secondary N) is 1. The predicted octanol–water partition coefficient (Wildman–Crippen LogP) is 4.29. The van der Waals surface area contributed by atoms with E-state index in [-0.39, 0.29) is 17.4 Å². The van der Waals surface area contributed by atoms with Gasteiger partial charge in [0.2, 0.25) is 0 Å². The van der Waals surface area contributed by atoms with Crippen LogP contribution < -0.4 is 5.32 Å². The molecule has 18 heavy (non-hydrogen) atoms. The lowest BCUT2D eigenvalue weighted by atomic mass is 9.85. The van der Waals surface area contributed by atoms with Crippen LogP contribution in [0.15, 0.2) is 6.07 Å². The molecule has 1 amide bonds. The molecule has 0 aliphatic rings. The third kappa shape index (κ3) is 4.09. The molecule has 2 nitrogen and oxygen atoms in total. The maximum Gasteiger partial charge on any atom is 0.261 e. The van der Waals surface area contributed by atoms with Crippen molar-refractivity contribution in [1.29, 1.82) is 0 Å². The van der Waals surface area contributed by atoms with Gasteiger partial charge in [0.15, 0.2) is 0 Å². The molecule has 0 fully saturated rings. The van der Waals surface area contributed by atoms with Gasteiger partial charge < -0.3 is 5.32 Å². The van der Waals surface area contributed by atoms with Crippen LogP contribution in [0.3, 0.4) is 0 Å². The first-order chi connectivity index (χ1) is 8.25. The van der Waals surface area contributed by atoms with E-state index in [1.54, 1.807) is 11.3 Å². The lowest BCUT2D eigenvalue weighted by Crippen LogP contribution is -2.43. The molecular formula is C14H22BrNOS. The summed E-state index contributed by atoms with van der Waals surface area (Å²) in [6.07, 6.45) is 0.943. The maximum atomic E-state index is 12.2. The number of hydrogen-bond acceptors (Lipinski definition) is 2. The molecule has 1 atom stereocenters. The Hall–Kier alpha value is -0.350. The fraction of sp³-hybridized carbons (Fsp3) is 0.643. The summed E-state index contributed by atoms with van der Waals surface area (Å²) in [6, 6.07) is 2.16. The van der Waals surface area contributed by atoms with Crippen molar-refractivity contribution in [2.75, 3.05) is 5.33 Å². The number of aryl methyl sites for hydroxylation is 2. The lowest BCUT2D eigenvalue weighted by molar-refractivity contribution is 0.0905. The molecule has 0 radical (unpaired) electrons. The van der Waals surface area contributed by atoms with E-state index in [1.165, 1.54) is 10.4 Å². The fourth-order valence-electron chi connectivity index (χ4n) is 1.75. The van der Waals surface area contributed by atoms with Crippen molar-refractivity contribution >= 4 is 33.2 Å². The van der Waals surface area contributed by atoms with Gasteiger partial charge in [-0.1, -0.05) is 36.7 Å². The molecule has 1 aromatic heterocycles. The predicted molar refractivity (Wildman–Crippen MR) is 82.9 cm³/mol. The Morgan fingerprint density at radius 3 is 2.44 bits per heavy atom. The highest BCUT2D eigenvalue weighted by Gasteiger charge is 2.26. The summed E-state index contributed by atoms with van der Waals surface area (Å²) in [4.78, 5) is 14.3. The number of rotatable bonds is 4. The van der Waals surface area contributed by atoms with Gasteiger partial charge in [0, 0.05) is 16.2 Å². The molecule has 0 bridgehead atoms. The topological polar surface area (TPSA) is 29.1 Å². The molecule has 4 heteroatoms. The van der Waals surface area contributed by atoms with Crippen LogP contribution in [-0.2, 0) is 0 Å². The maximum absolute atomic E-state index is 12.2.